The Balaban J connectivity index is 0.00000180. The molecule has 108 valence electrons. The third-order valence-corrected chi connectivity index (χ3v) is 3.06. The third kappa shape index (κ3) is 4.21. The van der Waals surface area contributed by atoms with Gasteiger partial charge < -0.3 is 24.9 Å². The first-order valence-electron chi connectivity index (χ1n) is 5.97. The van der Waals surface area contributed by atoms with Crippen molar-refractivity contribution in [3.8, 4) is 0 Å². The predicted molar refractivity (Wildman–Crippen MR) is 71.4 cm³/mol. The monoisotopic (exact) mass is 290 g/mol. The second kappa shape index (κ2) is 7.49. The van der Waals surface area contributed by atoms with Crippen LogP contribution >= 0.6 is 12.4 Å². The Morgan fingerprint density at radius 2 is 2.37 bits per heavy atom. The molecule has 6 nitrogen and oxygen atoms in total. The molecule has 2 rings (SSSR count). The normalized spacial score (nSPS) is 22.0. The highest BCUT2D eigenvalue weighted by atomic mass is 35.5. The molecule has 0 radical (unpaired) electrons. The molecule has 1 fully saturated rings. The Kier molecular flexibility index (Phi) is 6.30. The van der Waals surface area contributed by atoms with Crippen molar-refractivity contribution in [3.05, 3.63) is 23.7 Å². The van der Waals surface area contributed by atoms with Crippen molar-refractivity contribution in [2.45, 2.75) is 12.6 Å². The molecule has 1 aromatic heterocycles. The number of β-amino-alcohol motifs (C(OH)–C–C–N with tert-alkyl or cyclic N) is 1. The van der Waals surface area contributed by atoms with Crippen LogP contribution in [-0.2, 0) is 11.3 Å². The van der Waals surface area contributed by atoms with Crippen molar-refractivity contribution in [1.29, 1.82) is 0 Å². The topological polar surface area (TPSA) is 83.7 Å². The van der Waals surface area contributed by atoms with E-state index in [1.807, 2.05) is 0 Å². The summed E-state index contributed by atoms with van der Waals surface area (Å²) in [7, 11) is 1.32. The Morgan fingerprint density at radius 1 is 1.58 bits per heavy atom. The summed E-state index contributed by atoms with van der Waals surface area (Å²) >= 11 is 0. The number of nitrogens with one attached hydrogen (secondary N) is 2. The molecule has 7 heteroatoms. The zero-order valence-electron chi connectivity index (χ0n) is 10.7. The highest BCUT2D eigenvalue weighted by Gasteiger charge is 2.24. The first kappa shape index (κ1) is 16.0. The summed E-state index contributed by atoms with van der Waals surface area (Å²) in [6.45, 7) is 2.71. The molecular weight excluding hydrogens is 272 g/mol. The SMILES string of the molecule is COC(=O)c1ccc(CNCC2CNCC2O)o1.Cl. The zero-order chi connectivity index (χ0) is 13.0. The number of carbonyl (C=O) groups excluding carboxylic acids is 1. The number of ether oxygens (including phenoxy) is 1. The van der Waals surface area contributed by atoms with Crippen LogP contribution in [0.3, 0.4) is 0 Å². The molecule has 19 heavy (non-hydrogen) atoms. The number of furan rings is 1. The van der Waals surface area contributed by atoms with Crippen molar-refractivity contribution in [2.75, 3.05) is 26.7 Å². The van der Waals surface area contributed by atoms with Gasteiger partial charge in [0.1, 0.15) is 5.76 Å². The molecule has 0 saturated carbocycles. The molecule has 0 bridgehead atoms. The van der Waals surface area contributed by atoms with E-state index in [0.717, 1.165) is 6.54 Å². The quantitative estimate of drug-likeness (QED) is 0.670. The van der Waals surface area contributed by atoms with Gasteiger partial charge in [-0.05, 0) is 12.1 Å². The van der Waals surface area contributed by atoms with E-state index in [-0.39, 0.29) is 30.2 Å². The molecule has 1 aromatic rings. The van der Waals surface area contributed by atoms with Crippen molar-refractivity contribution in [2.24, 2.45) is 5.92 Å². The smallest absolute Gasteiger partial charge is 0.373 e. The Hall–Kier alpha value is -1.08. The number of hydrogen-bond donors (Lipinski definition) is 3. The lowest BCUT2D eigenvalue weighted by Gasteiger charge is -2.13. The maximum Gasteiger partial charge on any atom is 0.373 e. The van der Waals surface area contributed by atoms with E-state index in [2.05, 4.69) is 15.4 Å². The molecule has 2 atom stereocenters. The van der Waals surface area contributed by atoms with Crippen molar-refractivity contribution in [3.63, 3.8) is 0 Å². The summed E-state index contributed by atoms with van der Waals surface area (Å²) in [5.41, 5.74) is 0. The molecule has 2 heterocycles. The summed E-state index contributed by atoms with van der Waals surface area (Å²) < 4.78 is 9.87. The summed E-state index contributed by atoms with van der Waals surface area (Å²) in [4.78, 5) is 11.2. The largest absolute Gasteiger partial charge is 0.463 e. The van der Waals surface area contributed by atoms with Gasteiger partial charge >= 0.3 is 5.97 Å². The van der Waals surface area contributed by atoms with Crippen molar-refractivity contribution in [1.82, 2.24) is 10.6 Å². The molecule has 2 unspecified atom stereocenters. The van der Waals surface area contributed by atoms with E-state index >= 15 is 0 Å². The summed E-state index contributed by atoms with van der Waals surface area (Å²) in [5, 5.41) is 15.9. The van der Waals surface area contributed by atoms with Crippen LogP contribution in [0, 0.1) is 5.92 Å². The Bertz CT molecular complexity index is 410. The van der Waals surface area contributed by atoms with Crippen LogP contribution < -0.4 is 10.6 Å². The molecular formula is C12H19ClN2O4. The lowest BCUT2D eigenvalue weighted by atomic mass is 10.1. The summed E-state index contributed by atoms with van der Waals surface area (Å²) in [6.07, 6.45) is -0.292. The molecule has 0 spiro atoms. The fourth-order valence-electron chi connectivity index (χ4n) is 1.99. The first-order valence-corrected chi connectivity index (χ1v) is 5.97. The molecule has 0 aromatic carbocycles. The number of halogens is 1. The van der Waals surface area contributed by atoms with Gasteiger partial charge in [-0.15, -0.1) is 12.4 Å². The third-order valence-electron chi connectivity index (χ3n) is 3.06. The molecule has 1 aliphatic rings. The first-order chi connectivity index (χ1) is 8.70. The van der Waals surface area contributed by atoms with Gasteiger partial charge in [0.25, 0.3) is 0 Å². The summed E-state index contributed by atoms with van der Waals surface area (Å²) in [5.74, 6) is 0.629. The lowest BCUT2D eigenvalue weighted by Crippen LogP contribution is -2.30. The Labute approximate surface area is 117 Å². The molecule has 1 saturated heterocycles. The molecule has 3 N–H and O–H groups in total. The highest BCUT2D eigenvalue weighted by Crippen LogP contribution is 2.10. The van der Waals surface area contributed by atoms with E-state index in [4.69, 9.17) is 4.42 Å². The molecule has 0 amide bonds. The zero-order valence-corrected chi connectivity index (χ0v) is 11.5. The highest BCUT2D eigenvalue weighted by molar-refractivity contribution is 5.86. The summed E-state index contributed by atoms with van der Waals surface area (Å²) in [6, 6.07) is 3.33. The second-order valence-electron chi connectivity index (χ2n) is 4.37. The van der Waals surface area contributed by atoms with Gasteiger partial charge in [-0.2, -0.15) is 0 Å². The number of aliphatic hydroxyl groups excluding tert-OH is 1. The van der Waals surface area contributed by atoms with Gasteiger partial charge in [-0.25, -0.2) is 4.79 Å². The van der Waals surface area contributed by atoms with E-state index in [1.54, 1.807) is 12.1 Å². The minimum Gasteiger partial charge on any atom is -0.463 e. The van der Waals surface area contributed by atoms with Gasteiger partial charge in [0.2, 0.25) is 5.76 Å². The van der Waals surface area contributed by atoms with Crippen LogP contribution in [0.25, 0.3) is 0 Å². The maximum absolute atomic E-state index is 11.2. The van der Waals surface area contributed by atoms with Crippen LogP contribution in [0.15, 0.2) is 16.5 Å². The van der Waals surface area contributed by atoms with E-state index < -0.39 is 5.97 Å². The fraction of sp³-hybridized carbons (Fsp3) is 0.583. The van der Waals surface area contributed by atoms with Crippen LogP contribution in [-0.4, -0.2) is 43.9 Å². The van der Waals surface area contributed by atoms with Gasteiger partial charge in [0.15, 0.2) is 0 Å². The number of aliphatic hydroxyl groups is 1. The number of hydrogen-bond acceptors (Lipinski definition) is 6. The van der Waals surface area contributed by atoms with Gasteiger partial charge in [-0.1, -0.05) is 0 Å². The van der Waals surface area contributed by atoms with Gasteiger partial charge in [0, 0.05) is 25.6 Å². The molecule has 0 aliphatic carbocycles. The van der Waals surface area contributed by atoms with Crippen LogP contribution in [0.1, 0.15) is 16.3 Å². The van der Waals surface area contributed by atoms with Crippen LogP contribution in [0.5, 0.6) is 0 Å². The van der Waals surface area contributed by atoms with E-state index in [0.29, 0.717) is 25.4 Å². The van der Waals surface area contributed by atoms with Gasteiger partial charge in [0.05, 0.1) is 19.8 Å². The fourth-order valence-corrected chi connectivity index (χ4v) is 1.99. The minimum absolute atomic E-state index is 0. The number of carbonyl (C=O) groups is 1. The van der Waals surface area contributed by atoms with E-state index in [9.17, 15) is 9.90 Å². The average Bonchev–Trinajstić information content (AvgIpc) is 2.99. The number of methoxy groups -OCH3 is 1. The van der Waals surface area contributed by atoms with E-state index in [1.165, 1.54) is 7.11 Å². The van der Waals surface area contributed by atoms with Crippen molar-refractivity contribution < 1.29 is 19.1 Å². The lowest BCUT2D eigenvalue weighted by molar-refractivity contribution is 0.0563. The van der Waals surface area contributed by atoms with Crippen molar-refractivity contribution >= 4 is 18.4 Å². The standard InChI is InChI=1S/C12H18N2O4.ClH/c1-17-12(16)11-3-2-9(18-11)6-13-4-8-5-14-7-10(8)15;/h2-3,8,10,13-15H,4-7H2,1H3;1H. The van der Waals surface area contributed by atoms with Gasteiger partial charge in [-0.3, -0.25) is 0 Å². The number of esters is 1. The second-order valence-corrected chi connectivity index (χ2v) is 4.37. The van der Waals surface area contributed by atoms with Crippen LogP contribution in [0.4, 0.5) is 0 Å². The number of rotatable bonds is 5. The average molecular weight is 291 g/mol. The Morgan fingerprint density at radius 3 is 3.00 bits per heavy atom. The predicted octanol–water partition coefficient (Wildman–Crippen LogP) is 0.158. The van der Waals surface area contributed by atoms with Crippen LogP contribution in [0.2, 0.25) is 0 Å². The minimum atomic E-state index is -0.475. The molecule has 1 aliphatic heterocycles. The maximum atomic E-state index is 11.2.